The van der Waals surface area contributed by atoms with E-state index >= 15 is 0 Å². The molecule has 0 fully saturated rings. The minimum absolute atomic E-state index is 0.247. The topological polar surface area (TPSA) is 69.4 Å². The minimum Gasteiger partial charge on any atom is -0.494 e. The number of hydrogen-bond donors (Lipinski definition) is 1. The molecule has 102 valence electrons. The van der Waals surface area contributed by atoms with Crippen LogP contribution < -0.4 is 10.5 Å². The lowest BCUT2D eigenvalue weighted by molar-refractivity contribution is 0.319. The zero-order chi connectivity index (χ0) is 13.4. The normalized spacial score (nSPS) is 11.4. The van der Waals surface area contributed by atoms with Crippen molar-refractivity contribution in [1.29, 1.82) is 0 Å². The molecule has 0 aliphatic rings. The molecule has 0 aromatic heterocycles. The third kappa shape index (κ3) is 7.45. The number of ether oxygens (including phenoxy) is 1. The predicted molar refractivity (Wildman–Crippen MR) is 78.0 cm³/mol. The molecular weight excluding hydrogens is 270 g/mol. The Morgan fingerprint density at radius 2 is 1.89 bits per heavy atom. The summed E-state index contributed by atoms with van der Waals surface area (Å²) in [5, 5.41) is 0. The predicted octanol–water partition coefficient (Wildman–Crippen LogP) is 1.82. The van der Waals surface area contributed by atoms with Crippen molar-refractivity contribution in [3.8, 4) is 5.75 Å². The second-order valence-electron chi connectivity index (χ2n) is 4.01. The number of thioether (sulfide) groups is 1. The molecule has 1 aromatic carbocycles. The Kier molecular flexibility index (Phi) is 6.35. The van der Waals surface area contributed by atoms with Gasteiger partial charge in [-0.25, -0.2) is 8.42 Å². The first-order valence-electron chi connectivity index (χ1n) is 5.71. The second-order valence-corrected chi connectivity index (χ2v) is 7.50. The molecule has 0 amide bonds. The maximum atomic E-state index is 10.9. The van der Waals surface area contributed by atoms with E-state index in [0.29, 0.717) is 12.4 Å². The number of hydrogen-bond acceptors (Lipinski definition) is 5. The van der Waals surface area contributed by atoms with Crippen LogP contribution in [0.4, 0.5) is 5.69 Å². The standard InChI is InChI=1S/C12H19NO3S2/c1-18(14,15)10-9-17-8-2-7-16-12-5-3-11(13)4-6-12/h3-6H,2,7-10,13H2,1H3. The van der Waals surface area contributed by atoms with Gasteiger partial charge in [-0.3, -0.25) is 0 Å². The average molecular weight is 289 g/mol. The van der Waals surface area contributed by atoms with Gasteiger partial charge in [-0.05, 0) is 36.4 Å². The fourth-order valence-electron chi connectivity index (χ4n) is 1.23. The Morgan fingerprint density at radius 3 is 2.50 bits per heavy atom. The summed E-state index contributed by atoms with van der Waals surface area (Å²) in [6.45, 7) is 0.635. The molecule has 1 aromatic rings. The average Bonchev–Trinajstić information content (AvgIpc) is 2.29. The first-order chi connectivity index (χ1) is 8.47. The molecule has 6 heteroatoms. The lowest BCUT2D eigenvalue weighted by atomic mass is 10.3. The van der Waals surface area contributed by atoms with Crippen LogP contribution >= 0.6 is 11.8 Å². The van der Waals surface area contributed by atoms with E-state index in [-0.39, 0.29) is 5.75 Å². The molecule has 0 bridgehead atoms. The summed E-state index contributed by atoms with van der Waals surface area (Å²) in [7, 11) is -2.83. The van der Waals surface area contributed by atoms with Gasteiger partial charge in [0, 0.05) is 17.7 Å². The van der Waals surface area contributed by atoms with Crippen LogP contribution in [0.15, 0.2) is 24.3 Å². The van der Waals surface area contributed by atoms with Gasteiger partial charge in [-0.15, -0.1) is 0 Å². The van der Waals surface area contributed by atoms with E-state index in [0.717, 1.165) is 23.6 Å². The molecule has 0 aliphatic heterocycles. The Bertz CT molecular complexity index is 443. The van der Waals surface area contributed by atoms with E-state index in [1.165, 1.54) is 6.26 Å². The molecule has 2 N–H and O–H groups in total. The van der Waals surface area contributed by atoms with Crippen LogP contribution in [0.5, 0.6) is 5.75 Å². The maximum absolute atomic E-state index is 10.9. The highest BCUT2D eigenvalue weighted by atomic mass is 32.2. The minimum atomic E-state index is -2.83. The number of anilines is 1. The molecule has 0 saturated heterocycles. The highest BCUT2D eigenvalue weighted by Crippen LogP contribution is 2.13. The quantitative estimate of drug-likeness (QED) is 0.584. The number of rotatable bonds is 8. The van der Waals surface area contributed by atoms with Crippen molar-refractivity contribution >= 4 is 27.3 Å². The molecule has 0 saturated carbocycles. The Balaban J connectivity index is 2.04. The SMILES string of the molecule is CS(=O)(=O)CCSCCCOc1ccc(N)cc1. The summed E-state index contributed by atoms with van der Waals surface area (Å²) in [6.07, 6.45) is 2.16. The van der Waals surface area contributed by atoms with Crippen LogP contribution in [0.1, 0.15) is 6.42 Å². The highest BCUT2D eigenvalue weighted by Gasteiger charge is 2.01. The van der Waals surface area contributed by atoms with Crippen molar-refractivity contribution in [2.24, 2.45) is 0 Å². The fraction of sp³-hybridized carbons (Fsp3) is 0.500. The van der Waals surface area contributed by atoms with Gasteiger partial charge < -0.3 is 10.5 Å². The molecule has 0 spiro atoms. The summed E-state index contributed by atoms with van der Waals surface area (Å²) in [5.41, 5.74) is 6.28. The van der Waals surface area contributed by atoms with Crippen molar-refractivity contribution in [1.82, 2.24) is 0 Å². The van der Waals surface area contributed by atoms with Crippen LogP contribution in [0.3, 0.4) is 0 Å². The van der Waals surface area contributed by atoms with E-state index in [9.17, 15) is 8.42 Å². The first-order valence-corrected chi connectivity index (χ1v) is 8.93. The Morgan fingerprint density at radius 1 is 1.22 bits per heavy atom. The largest absolute Gasteiger partial charge is 0.494 e. The molecule has 0 heterocycles. The molecular formula is C12H19NO3S2. The van der Waals surface area contributed by atoms with Gasteiger partial charge >= 0.3 is 0 Å². The second kappa shape index (κ2) is 7.53. The fourth-order valence-corrected chi connectivity index (χ4v) is 3.44. The van der Waals surface area contributed by atoms with Gasteiger partial charge in [-0.2, -0.15) is 11.8 Å². The molecule has 18 heavy (non-hydrogen) atoms. The molecule has 0 radical (unpaired) electrons. The van der Waals surface area contributed by atoms with Crippen molar-refractivity contribution in [2.75, 3.05) is 35.9 Å². The van der Waals surface area contributed by atoms with Crippen LogP contribution in [0.25, 0.3) is 0 Å². The van der Waals surface area contributed by atoms with Gasteiger partial charge in [-0.1, -0.05) is 0 Å². The van der Waals surface area contributed by atoms with Crippen molar-refractivity contribution in [3.63, 3.8) is 0 Å². The van der Waals surface area contributed by atoms with Crippen molar-refractivity contribution in [2.45, 2.75) is 6.42 Å². The summed E-state index contributed by atoms with van der Waals surface area (Å²) in [4.78, 5) is 0. The maximum Gasteiger partial charge on any atom is 0.148 e. The van der Waals surface area contributed by atoms with E-state index < -0.39 is 9.84 Å². The van der Waals surface area contributed by atoms with Crippen LogP contribution in [0.2, 0.25) is 0 Å². The van der Waals surface area contributed by atoms with Crippen molar-refractivity contribution < 1.29 is 13.2 Å². The van der Waals surface area contributed by atoms with Gasteiger partial charge in [0.2, 0.25) is 0 Å². The number of benzene rings is 1. The first kappa shape index (κ1) is 15.2. The summed E-state index contributed by atoms with van der Waals surface area (Å²) >= 11 is 1.64. The Labute approximate surface area is 113 Å². The van der Waals surface area contributed by atoms with Gasteiger partial charge in [0.25, 0.3) is 0 Å². The summed E-state index contributed by atoms with van der Waals surface area (Å²) in [5.74, 6) is 2.62. The molecule has 0 unspecified atom stereocenters. The summed E-state index contributed by atoms with van der Waals surface area (Å²) in [6, 6.07) is 7.28. The molecule has 1 rings (SSSR count). The zero-order valence-corrected chi connectivity index (χ0v) is 12.1. The van der Waals surface area contributed by atoms with Crippen molar-refractivity contribution in [3.05, 3.63) is 24.3 Å². The zero-order valence-electron chi connectivity index (χ0n) is 10.5. The van der Waals surface area contributed by atoms with Gasteiger partial charge in [0.15, 0.2) is 0 Å². The number of nitrogen functional groups attached to an aromatic ring is 1. The monoisotopic (exact) mass is 289 g/mol. The van der Waals surface area contributed by atoms with E-state index in [2.05, 4.69) is 0 Å². The molecule has 0 atom stereocenters. The Hall–Kier alpha value is -0.880. The van der Waals surface area contributed by atoms with Crippen LogP contribution in [-0.2, 0) is 9.84 Å². The van der Waals surface area contributed by atoms with E-state index in [4.69, 9.17) is 10.5 Å². The third-order valence-corrected chi connectivity index (χ3v) is 4.45. The van der Waals surface area contributed by atoms with Crippen LogP contribution in [0, 0.1) is 0 Å². The van der Waals surface area contributed by atoms with E-state index in [1.54, 1.807) is 23.9 Å². The third-order valence-electron chi connectivity index (χ3n) is 2.18. The lowest BCUT2D eigenvalue weighted by Gasteiger charge is -2.06. The summed E-state index contributed by atoms with van der Waals surface area (Å²) < 4.78 is 27.3. The highest BCUT2D eigenvalue weighted by molar-refractivity contribution is 8.00. The number of sulfone groups is 1. The van der Waals surface area contributed by atoms with Gasteiger partial charge in [0.1, 0.15) is 15.6 Å². The van der Waals surface area contributed by atoms with Gasteiger partial charge in [0.05, 0.1) is 12.4 Å². The number of nitrogens with two attached hydrogens (primary N) is 1. The lowest BCUT2D eigenvalue weighted by Crippen LogP contribution is -2.06. The smallest absolute Gasteiger partial charge is 0.148 e. The molecule has 0 aliphatic carbocycles. The van der Waals surface area contributed by atoms with E-state index in [1.807, 2.05) is 12.1 Å². The molecule has 4 nitrogen and oxygen atoms in total. The van der Waals surface area contributed by atoms with Crippen LogP contribution in [-0.4, -0.2) is 38.5 Å².